The van der Waals surface area contributed by atoms with Crippen LogP contribution in [0.15, 0.2) is 35.0 Å². The highest BCUT2D eigenvalue weighted by Gasteiger charge is 2.14. The normalized spacial score (nSPS) is 11.1. The fourth-order valence-corrected chi connectivity index (χ4v) is 3.10. The zero-order valence-electron chi connectivity index (χ0n) is 11.0. The largest absolute Gasteiger partial charge is 0.478 e. The Balaban J connectivity index is 2.00. The van der Waals surface area contributed by atoms with Gasteiger partial charge in [-0.25, -0.2) is 9.78 Å². The van der Waals surface area contributed by atoms with Crippen molar-refractivity contribution in [1.29, 1.82) is 0 Å². The lowest BCUT2D eigenvalue weighted by molar-refractivity contribution is 0.0699. The second-order valence-electron chi connectivity index (χ2n) is 4.67. The molecule has 2 heterocycles. The van der Waals surface area contributed by atoms with Crippen molar-refractivity contribution < 1.29 is 9.90 Å². The topological polar surface area (TPSA) is 55.1 Å². The van der Waals surface area contributed by atoms with E-state index in [0.29, 0.717) is 5.52 Å². The van der Waals surface area contributed by atoms with Gasteiger partial charge in [0, 0.05) is 6.54 Å². The summed E-state index contributed by atoms with van der Waals surface area (Å²) in [5.74, 6) is -0.0815. The van der Waals surface area contributed by atoms with Crippen LogP contribution in [-0.4, -0.2) is 20.6 Å². The van der Waals surface area contributed by atoms with Crippen LogP contribution in [0.25, 0.3) is 11.0 Å². The fourth-order valence-electron chi connectivity index (χ4n) is 2.39. The molecule has 0 atom stereocenters. The number of thiophene rings is 1. The van der Waals surface area contributed by atoms with E-state index in [-0.39, 0.29) is 5.56 Å². The maximum atomic E-state index is 11.2. The number of hydrogen-bond donors (Lipinski definition) is 1. The van der Waals surface area contributed by atoms with Crippen LogP contribution in [0.5, 0.6) is 0 Å². The first-order valence-electron chi connectivity index (χ1n) is 6.37. The number of aromatic carboxylic acids is 1. The number of fused-ring (bicyclic) bond motifs is 1. The summed E-state index contributed by atoms with van der Waals surface area (Å²) >= 11 is 1.69. The predicted molar refractivity (Wildman–Crippen MR) is 79.5 cm³/mol. The van der Waals surface area contributed by atoms with E-state index in [0.717, 1.165) is 24.3 Å². The Bertz CT molecular complexity index is 760. The van der Waals surface area contributed by atoms with E-state index < -0.39 is 5.97 Å². The molecule has 4 nitrogen and oxygen atoms in total. The molecule has 0 aliphatic heterocycles. The number of para-hydroxylation sites is 1. The molecule has 0 fully saturated rings. The number of benzene rings is 1. The summed E-state index contributed by atoms with van der Waals surface area (Å²) in [6, 6.07) is 7.41. The summed E-state index contributed by atoms with van der Waals surface area (Å²) in [5.41, 5.74) is 3.02. The van der Waals surface area contributed by atoms with E-state index in [1.54, 1.807) is 23.5 Å². The molecule has 0 spiro atoms. The van der Waals surface area contributed by atoms with Crippen molar-refractivity contribution in [3.63, 3.8) is 0 Å². The molecular formula is C15H14N2O2S. The van der Waals surface area contributed by atoms with Gasteiger partial charge in [-0.05, 0) is 47.9 Å². The van der Waals surface area contributed by atoms with Gasteiger partial charge in [0.05, 0.1) is 11.1 Å². The monoisotopic (exact) mass is 286 g/mol. The number of carbonyl (C=O) groups is 1. The summed E-state index contributed by atoms with van der Waals surface area (Å²) in [7, 11) is 0. The first-order valence-corrected chi connectivity index (χ1v) is 7.31. The van der Waals surface area contributed by atoms with E-state index in [1.165, 1.54) is 5.56 Å². The molecule has 5 heteroatoms. The third-order valence-electron chi connectivity index (χ3n) is 3.40. The standard InChI is InChI=1S/C15H14N2O2S/c1-10-16-14-12(15(18)19)3-2-4-13(14)17(10)7-5-11-6-8-20-9-11/h2-4,6,8-9H,5,7H2,1H3,(H,18,19). The Kier molecular flexibility index (Phi) is 3.28. The molecule has 0 radical (unpaired) electrons. The van der Waals surface area contributed by atoms with Crippen LogP contribution in [0.2, 0.25) is 0 Å². The summed E-state index contributed by atoms with van der Waals surface area (Å²) in [6.45, 7) is 2.72. The molecule has 1 aromatic carbocycles. The second kappa shape index (κ2) is 5.09. The van der Waals surface area contributed by atoms with Gasteiger partial charge in [0.1, 0.15) is 11.3 Å². The average molecular weight is 286 g/mol. The van der Waals surface area contributed by atoms with Crippen LogP contribution in [-0.2, 0) is 13.0 Å². The second-order valence-corrected chi connectivity index (χ2v) is 5.45. The van der Waals surface area contributed by atoms with Crippen LogP contribution in [0.1, 0.15) is 21.7 Å². The molecule has 0 saturated heterocycles. The van der Waals surface area contributed by atoms with Crippen LogP contribution in [0.4, 0.5) is 0 Å². The molecule has 0 saturated carbocycles. The first kappa shape index (κ1) is 12.9. The van der Waals surface area contributed by atoms with Gasteiger partial charge in [-0.1, -0.05) is 6.07 Å². The van der Waals surface area contributed by atoms with Crippen molar-refractivity contribution in [1.82, 2.24) is 9.55 Å². The number of imidazole rings is 1. The predicted octanol–water partition coefficient (Wildman–Crippen LogP) is 3.35. The number of hydrogen-bond acceptors (Lipinski definition) is 3. The third kappa shape index (κ3) is 2.20. The van der Waals surface area contributed by atoms with Crippen molar-refractivity contribution in [2.24, 2.45) is 0 Å². The van der Waals surface area contributed by atoms with Crippen molar-refractivity contribution in [2.45, 2.75) is 19.9 Å². The molecule has 102 valence electrons. The number of rotatable bonds is 4. The lowest BCUT2D eigenvalue weighted by Crippen LogP contribution is -2.03. The zero-order chi connectivity index (χ0) is 14.1. The van der Waals surface area contributed by atoms with Gasteiger partial charge >= 0.3 is 5.97 Å². The van der Waals surface area contributed by atoms with E-state index >= 15 is 0 Å². The molecule has 3 rings (SSSR count). The molecule has 0 unspecified atom stereocenters. The Hall–Kier alpha value is -2.14. The van der Waals surface area contributed by atoms with Gasteiger partial charge in [-0.3, -0.25) is 0 Å². The average Bonchev–Trinajstić information content (AvgIpc) is 3.02. The minimum atomic E-state index is -0.932. The molecule has 0 bridgehead atoms. The number of nitrogens with zero attached hydrogens (tertiary/aromatic N) is 2. The lowest BCUT2D eigenvalue weighted by atomic mass is 10.2. The van der Waals surface area contributed by atoms with E-state index in [4.69, 9.17) is 0 Å². The van der Waals surface area contributed by atoms with E-state index in [1.807, 2.05) is 13.0 Å². The maximum absolute atomic E-state index is 11.2. The summed E-state index contributed by atoms with van der Waals surface area (Å²) in [6.07, 6.45) is 0.924. The molecule has 0 amide bonds. The van der Waals surface area contributed by atoms with Gasteiger partial charge in [-0.2, -0.15) is 11.3 Å². The van der Waals surface area contributed by atoms with Crippen LogP contribution < -0.4 is 0 Å². The highest BCUT2D eigenvalue weighted by Crippen LogP contribution is 2.21. The molecule has 2 aromatic heterocycles. The summed E-state index contributed by atoms with van der Waals surface area (Å²) in [5, 5.41) is 13.4. The Morgan fingerprint density at radius 1 is 1.40 bits per heavy atom. The number of carboxylic acids is 1. The number of carboxylic acid groups (broad SMARTS) is 1. The fraction of sp³-hybridized carbons (Fsp3) is 0.200. The van der Waals surface area contributed by atoms with Crippen LogP contribution >= 0.6 is 11.3 Å². The van der Waals surface area contributed by atoms with Crippen LogP contribution in [0, 0.1) is 6.92 Å². The highest BCUT2D eigenvalue weighted by molar-refractivity contribution is 7.07. The maximum Gasteiger partial charge on any atom is 0.337 e. The number of aryl methyl sites for hydroxylation is 3. The Morgan fingerprint density at radius 2 is 2.25 bits per heavy atom. The van der Waals surface area contributed by atoms with Crippen molar-refractivity contribution in [3.8, 4) is 0 Å². The minimum Gasteiger partial charge on any atom is -0.478 e. The lowest BCUT2D eigenvalue weighted by Gasteiger charge is -2.06. The molecule has 3 aromatic rings. The zero-order valence-corrected chi connectivity index (χ0v) is 11.9. The number of aromatic nitrogens is 2. The SMILES string of the molecule is Cc1nc2c(C(=O)O)cccc2n1CCc1ccsc1. The van der Waals surface area contributed by atoms with Gasteiger partial charge < -0.3 is 9.67 Å². The summed E-state index contributed by atoms with van der Waals surface area (Å²) in [4.78, 5) is 15.7. The van der Waals surface area contributed by atoms with Crippen molar-refractivity contribution in [3.05, 3.63) is 52.0 Å². The Labute approximate surface area is 120 Å². The quantitative estimate of drug-likeness (QED) is 0.800. The Morgan fingerprint density at radius 3 is 2.95 bits per heavy atom. The van der Waals surface area contributed by atoms with Gasteiger partial charge in [0.25, 0.3) is 0 Å². The molecule has 0 aliphatic carbocycles. The molecule has 0 aliphatic rings. The highest BCUT2D eigenvalue weighted by atomic mass is 32.1. The third-order valence-corrected chi connectivity index (χ3v) is 4.14. The van der Waals surface area contributed by atoms with Gasteiger partial charge in [-0.15, -0.1) is 0 Å². The van der Waals surface area contributed by atoms with E-state index in [2.05, 4.69) is 26.4 Å². The van der Waals surface area contributed by atoms with Gasteiger partial charge in [0.2, 0.25) is 0 Å². The van der Waals surface area contributed by atoms with Gasteiger partial charge in [0.15, 0.2) is 0 Å². The molecule has 1 N–H and O–H groups in total. The van der Waals surface area contributed by atoms with Crippen LogP contribution in [0.3, 0.4) is 0 Å². The summed E-state index contributed by atoms with van der Waals surface area (Å²) < 4.78 is 2.08. The van der Waals surface area contributed by atoms with Crippen molar-refractivity contribution in [2.75, 3.05) is 0 Å². The smallest absolute Gasteiger partial charge is 0.337 e. The van der Waals surface area contributed by atoms with E-state index in [9.17, 15) is 9.90 Å². The molecule has 20 heavy (non-hydrogen) atoms. The minimum absolute atomic E-state index is 0.264. The first-order chi connectivity index (χ1) is 9.66. The molecular weight excluding hydrogens is 272 g/mol. The van der Waals surface area contributed by atoms with Crippen molar-refractivity contribution >= 4 is 28.3 Å².